The molecule has 0 aliphatic carbocycles. The fraction of sp³-hybridized carbons (Fsp3) is 0.118. The highest BCUT2D eigenvalue weighted by molar-refractivity contribution is 6.35. The van der Waals surface area contributed by atoms with Crippen LogP contribution in [0.25, 0.3) is 10.9 Å². The molecule has 106 valence electrons. The van der Waals surface area contributed by atoms with Crippen LogP contribution in [0.1, 0.15) is 5.69 Å². The van der Waals surface area contributed by atoms with Crippen LogP contribution in [0.5, 0.6) is 11.5 Å². The van der Waals surface area contributed by atoms with Gasteiger partial charge in [0.1, 0.15) is 11.5 Å². The van der Waals surface area contributed by atoms with Gasteiger partial charge in [-0.25, -0.2) is 0 Å². The lowest BCUT2D eigenvalue weighted by molar-refractivity contribution is 0.182. The van der Waals surface area contributed by atoms with E-state index in [1.165, 1.54) is 0 Å². The Kier molecular flexibility index (Phi) is 4.04. The van der Waals surface area contributed by atoms with Crippen LogP contribution in [-0.2, 0) is 11.3 Å². The monoisotopic (exact) mass is 299 g/mol. The maximum Gasteiger partial charge on any atom is 0.128 e. The molecule has 0 radical (unpaired) electrons. The van der Waals surface area contributed by atoms with Crippen molar-refractivity contribution >= 4 is 22.5 Å². The molecule has 0 spiro atoms. The van der Waals surface area contributed by atoms with Crippen LogP contribution < -0.4 is 4.74 Å². The number of ether oxygens (including phenoxy) is 2. The van der Waals surface area contributed by atoms with E-state index in [2.05, 4.69) is 4.98 Å². The average molecular weight is 300 g/mol. The molecule has 0 aliphatic heterocycles. The number of rotatable bonds is 4. The summed E-state index contributed by atoms with van der Waals surface area (Å²) in [4.78, 5) is 4.51. The van der Waals surface area contributed by atoms with Crippen LogP contribution in [-0.4, -0.2) is 12.1 Å². The summed E-state index contributed by atoms with van der Waals surface area (Å²) < 4.78 is 10.9. The van der Waals surface area contributed by atoms with E-state index in [4.69, 9.17) is 21.1 Å². The van der Waals surface area contributed by atoms with Gasteiger partial charge in [0.25, 0.3) is 0 Å². The van der Waals surface area contributed by atoms with Gasteiger partial charge in [-0.2, -0.15) is 0 Å². The molecule has 0 unspecified atom stereocenters. The fourth-order valence-electron chi connectivity index (χ4n) is 2.12. The summed E-state index contributed by atoms with van der Waals surface area (Å²) in [7, 11) is 1.64. The van der Waals surface area contributed by atoms with Gasteiger partial charge in [0.2, 0.25) is 0 Å². The summed E-state index contributed by atoms with van der Waals surface area (Å²) in [5.41, 5.74) is 1.64. The van der Waals surface area contributed by atoms with Crippen LogP contribution >= 0.6 is 11.6 Å². The third-order valence-electron chi connectivity index (χ3n) is 3.05. The SMILES string of the molecule is COCc1cc(Cl)c2cc(Oc3ccccc3)ccc2n1. The Bertz CT molecular complexity index is 759. The van der Waals surface area contributed by atoms with Crippen molar-refractivity contribution in [2.45, 2.75) is 6.61 Å². The molecule has 0 aliphatic rings. The minimum atomic E-state index is 0.442. The summed E-state index contributed by atoms with van der Waals surface area (Å²) in [6.07, 6.45) is 0. The van der Waals surface area contributed by atoms with Crippen molar-refractivity contribution in [3.63, 3.8) is 0 Å². The fourth-order valence-corrected chi connectivity index (χ4v) is 2.40. The molecular weight excluding hydrogens is 286 g/mol. The van der Waals surface area contributed by atoms with Crippen molar-refractivity contribution in [3.05, 3.63) is 65.3 Å². The highest BCUT2D eigenvalue weighted by Gasteiger charge is 2.06. The molecule has 0 bridgehead atoms. The number of aromatic nitrogens is 1. The number of pyridine rings is 1. The molecule has 0 fully saturated rings. The Morgan fingerprint density at radius 3 is 2.57 bits per heavy atom. The highest BCUT2D eigenvalue weighted by atomic mass is 35.5. The molecule has 21 heavy (non-hydrogen) atoms. The van der Waals surface area contributed by atoms with Crippen LogP contribution in [0.15, 0.2) is 54.6 Å². The zero-order chi connectivity index (χ0) is 14.7. The lowest BCUT2D eigenvalue weighted by atomic mass is 10.2. The first kappa shape index (κ1) is 13.9. The molecular formula is C17H14ClNO2. The molecule has 3 rings (SSSR count). The molecule has 3 aromatic rings. The predicted octanol–water partition coefficient (Wildman–Crippen LogP) is 4.83. The van der Waals surface area contributed by atoms with Gasteiger partial charge in [-0.05, 0) is 36.4 Å². The van der Waals surface area contributed by atoms with Gasteiger partial charge in [0.15, 0.2) is 0 Å². The molecule has 4 heteroatoms. The Morgan fingerprint density at radius 1 is 1.00 bits per heavy atom. The first-order valence-corrected chi connectivity index (χ1v) is 6.95. The minimum Gasteiger partial charge on any atom is -0.457 e. The van der Waals surface area contributed by atoms with Crippen LogP contribution in [0.3, 0.4) is 0 Å². The molecule has 1 heterocycles. The quantitative estimate of drug-likeness (QED) is 0.691. The lowest BCUT2D eigenvalue weighted by Crippen LogP contribution is -1.93. The van der Waals surface area contributed by atoms with E-state index in [1.54, 1.807) is 7.11 Å². The number of hydrogen-bond donors (Lipinski definition) is 0. The van der Waals surface area contributed by atoms with Crippen molar-refractivity contribution < 1.29 is 9.47 Å². The number of methoxy groups -OCH3 is 1. The summed E-state index contributed by atoms with van der Waals surface area (Å²) in [6.45, 7) is 0.442. The molecule has 0 N–H and O–H groups in total. The van der Waals surface area contributed by atoms with Gasteiger partial charge >= 0.3 is 0 Å². The Labute approximate surface area is 128 Å². The van der Waals surface area contributed by atoms with Gasteiger partial charge in [0, 0.05) is 12.5 Å². The minimum absolute atomic E-state index is 0.442. The summed E-state index contributed by atoms with van der Waals surface area (Å²) in [5, 5.41) is 1.51. The molecule has 1 aromatic heterocycles. The van der Waals surface area contributed by atoms with E-state index in [-0.39, 0.29) is 0 Å². The van der Waals surface area contributed by atoms with E-state index in [1.807, 2.05) is 54.6 Å². The van der Waals surface area contributed by atoms with E-state index >= 15 is 0 Å². The van der Waals surface area contributed by atoms with E-state index < -0.39 is 0 Å². The maximum atomic E-state index is 6.32. The Morgan fingerprint density at radius 2 is 1.81 bits per heavy atom. The number of benzene rings is 2. The second kappa shape index (κ2) is 6.12. The third-order valence-corrected chi connectivity index (χ3v) is 3.37. The first-order chi connectivity index (χ1) is 10.3. The smallest absolute Gasteiger partial charge is 0.128 e. The number of nitrogens with zero attached hydrogens (tertiary/aromatic N) is 1. The van der Waals surface area contributed by atoms with Crippen LogP contribution in [0.4, 0.5) is 0 Å². The largest absolute Gasteiger partial charge is 0.457 e. The van der Waals surface area contributed by atoms with Crippen molar-refractivity contribution in [2.75, 3.05) is 7.11 Å². The van der Waals surface area contributed by atoms with Crippen molar-refractivity contribution in [3.8, 4) is 11.5 Å². The second-order valence-electron chi connectivity index (χ2n) is 4.62. The molecule has 0 amide bonds. The zero-order valence-electron chi connectivity index (χ0n) is 11.5. The zero-order valence-corrected chi connectivity index (χ0v) is 12.3. The lowest BCUT2D eigenvalue weighted by Gasteiger charge is -2.08. The summed E-state index contributed by atoms with van der Waals surface area (Å²) in [6, 6.07) is 17.1. The average Bonchev–Trinajstić information content (AvgIpc) is 2.49. The molecule has 3 nitrogen and oxygen atoms in total. The van der Waals surface area contributed by atoms with Crippen molar-refractivity contribution in [1.29, 1.82) is 0 Å². The van der Waals surface area contributed by atoms with E-state index in [0.29, 0.717) is 11.6 Å². The first-order valence-electron chi connectivity index (χ1n) is 6.57. The predicted molar refractivity (Wildman–Crippen MR) is 84.0 cm³/mol. The van der Waals surface area contributed by atoms with Crippen LogP contribution in [0, 0.1) is 0 Å². The van der Waals surface area contributed by atoms with E-state index in [9.17, 15) is 0 Å². The number of fused-ring (bicyclic) bond motifs is 1. The molecule has 2 aromatic carbocycles. The van der Waals surface area contributed by atoms with Gasteiger partial charge in [-0.15, -0.1) is 0 Å². The van der Waals surface area contributed by atoms with Crippen molar-refractivity contribution in [2.24, 2.45) is 0 Å². The van der Waals surface area contributed by atoms with Gasteiger partial charge in [-0.1, -0.05) is 29.8 Å². The van der Waals surface area contributed by atoms with E-state index in [0.717, 1.165) is 28.1 Å². The highest BCUT2D eigenvalue weighted by Crippen LogP contribution is 2.29. The summed E-state index contributed by atoms with van der Waals surface area (Å²) >= 11 is 6.32. The van der Waals surface area contributed by atoms with Crippen LogP contribution in [0.2, 0.25) is 5.02 Å². The summed E-state index contributed by atoms with van der Waals surface area (Å²) in [5.74, 6) is 1.52. The molecule has 0 saturated carbocycles. The van der Waals surface area contributed by atoms with Crippen molar-refractivity contribution in [1.82, 2.24) is 4.98 Å². The number of halogens is 1. The second-order valence-corrected chi connectivity index (χ2v) is 5.03. The Balaban J connectivity index is 1.96. The Hall–Kier alpha value is -2.10. The molecule has 0 atom stereocenters. The van der Waals surface area contributed by atoms with Gasteiger partial charge < -0.3 is 9.47 Å². The normalized spacial score (nSPS) is 10.8. The standard InChI is InChI=1S/C17H14ClNO2/c1-20-11-12-9-16(18)15-10-14(7-8-17(15)19-12)21-13-5-3-2-4-6-13/h2-10H,11H2,1H3. The van der Waals surface area contributed by atoms with Gasteiger partial charge in [-0.3, -0.25) is 4.98 Å². The topological polar surface area (TPSA) is 31.4 Å². The third kappa shape index (κ3) is 3.15. The maximum absolute atomic E-state index is 6.32. The number of para-hydroxylation sites is 1. The molecule has 0 saturated heterocycles. The number of hydrogen-bond acceptors (Lipinski definition) is 3. The van der Waals surface area contributed by atoms with Gasteiger partial charge in [0.05, 0.1) is 22.8 Å².